The SMILES string of the molecule is N#CCc1c(C(F)F)[nH]cc(Cl)c1=O. The van der Waals surface area contributed by atoms with Gasteiger partial charge in [0.15, 0.2) is 0 Å². The number of nitrogens with zero attached hydrogens (tertiary/aromatic N) is 1. The maximum absolute atomic E-state index is 12.3. The zero-order valence-corrected chi connectivity index (χ0v) is 7.61. The van der Waals surface area contributed by atoms with E-state index < -0.39 is 17.5 Å². The predicted molar refractivity (Wildman–Crippen MR) is 46.3 cm³/mol. The van der Waals surface area contributed by atoms with Crippen LogP contribution in [0.5, 0.6) is 0 Å². The summed E-state index contributed by atoms with van der Waals surface area (Å²) in [6.45, 7) is 0. The van der Waals surface area contributed by atoms with Gasteiger partial charge in [-0.25, -0.2) is 8.78 Å². The van der Waals surface area contributed by atoms with Crippen LogP contribution in [-0.2, 0) is 6.42 Å². The molecule has 0 amide bonds. The van der Waals surface area contributed by atoms with Crippen molar-refractivity contribution < 1.29 is 8.78 Å². The van der Waals surface area contributed by atoms with Crippen LogP contribution in [0.25, 0.3) is 0 Å². The Hall–Kier alpha value is -1.41. The van der Waals surface area contributed by atoms with E-state index in [4.69, 9.17) is 16.9 Å². The van der Waals surface area contributed by atoms with Gasteiger partial charge in [0.25, 0.3) is 6.43 Å². The van der Waals surface area contributed by atoms with E-state index in [1.165, 1.54) is 0 Å². The van der Waals surface area contributed by atoms with Crippen LogP contribution >= 0.6 is 11.6 Å². The van der Waals surface area contributed by atoms with Crippen LogP contribution in [0.1, 0.15) is 17.7 Å². The molecule has 0 atom stereocenters. The zero-order valence-electron chi connectivity index (χ0n) is 6.85. The molecule has 1 N–H and O–H groups in total. The summed E-state index contributed by atoms with van der Waals surface area (Å²) < 4.78 is 24.7. The van der Waals surface area contributed by atoms with E-state index in [0.717, 1.165) is 6.20 Å². The van der Waals surface area contributed by atoms with E-state index in [-0.39, 0.29) is 17.0 Å². The monoisotopic (exact) mass is 218 g/mol. The first-order valence-electron chi connectivity index (χ1n) is 3.63. The summed E-state index contributed by atoms with van der Waals surface area (Å²) in [4.78, 5) is 13.4. The number of H-pyrrole nitrogens is 1. The van der Waals surface area contributed by atoms with Crippen molar-refractivity contribution in [3.63, 3.8) is 0 Å². The minimum Gasteiger partial charge on any atom is -0.359 e. The van der Waals surface area contributed by atoms with Crippen molar-refractivity contribution in [3.05, 3.63) is 32.7 Å². The molecule has 0 saturated heterocycles. The number of hydrogen-bond donors (Lipinski definition) is 1. The predicted octanol–water partition coefficient (Wildman–Crippen LogP) is 2.03. The van der Waals surface area contributed by atoms with Gasteiger partial charge < -0.3 is 4.98 Å². The molecule has 0 spiro atoms. The minimum absolute atomic E-state index is 0.195. The van der Waals surface area contributed by atoms with Gasteiger partial charge in [-0.3, -0.25) is 4.79 Å². The summed E-state index contributed by atoms with van der Waals surface area (Å²) in [7, 11) is 0. The van der Waals surface area contributed by atoms with E-state index in [0.29, 0.717) is 0 Å². The highest BCUT2D eigenvalue weighted by Crippen LogP contribution is 2.19. The third-order valence-electron chi connectivity index (χ3n) is 1.64. The van der Waals surface area contributed by atoms with Crippen molar-refractivity contribution in [3.8, 4) is 6.07 Å². The first-order chi connectivity index (χ1) is 6.57. The Morgan fingerprint density at radius 2 is 2.29 bits per heavy atom. The summed E-state index contributed by atoms with van der Waals surface area (Å²) in [6.07, 6.45) is -2.20. The van der Waals surface area contributed by atoms with Crippen LogP contribution in [0.3, 0.4) is 0 Å². The Kier molecular flexibility index (Phi) is 3.20. The molecule has 0 aliphatic heterocycles. The lowest BCUT2D eigenvalue weighted by Crippen LogP contribution is -2.14. The molecular weight excluding hydrogens is 214 g/mol. The molecule has 1 aromatic rings. The molecule has 14 heavy (non-hydrogen) atoms. The second kappa shape index (κ2) is 4.20. The molecule has 0 aromatic carbocycles. The van der Waals surface area contributed by atoms with E-state index in [9.17, 15) is 13.6 Å². The molecule has 1 aromatic heterocycles. The standard InChI is InChI=1S/C8H5ClF2N2O/c9-5-3-13-6(8(10)11)4(1-2-12)7(5)14/h3,8H,1H2,(H,13,14). The van der Waals surface area contributed by atoms with Gasteiger partial charge in [-0.05, 0) is 0 Å². The molecule has 0 unspecified atom stereocenters. The molecule has 1 rings (SSSR count). The highest BCUT2D eigenvalue weighted by Gasteiger charge is 2.17. The molecule has 0 aliphatic carbocycles. The van der Waals surface area contributed by atoms with Crippen molar-refractivity contribution in [2.45, 2.75) is 12.8 Å². The molecule has 0 radical (unpaired) electrons. The topological polar surface area (TPSA) is 56.6 Å². The van der Waals surface area contributed by atoms with Gasteiger partial charge in [-0.15, -0.1) is 0 Å². The average Bonchev–Trinajstić information content (AvgIpc) is 2.13. The third-order valence-corrected chi connectivity index (χ3v) is 1.93. The lowest BCUT2D eigenvalue weighted by atomic mass is 10.1. The summed E-state index contributed by atoms with van der Waals surface area (Å²) in [5.74, 6) is 0. The molecule has 1 heterocycles. The van der Waals surface area contributed by atoms with Gasteiger partial charge in [0.1, 0.15) is 5.02 Å². The van der Waals surface area contributed by atoms with E-state index in [2.05, 4.69) is 4.98 Å². The average molecular weight is 219 g/mol. The van der Waals surface area contributed by atoms with Gasteiger partial charge in [0.2, 0.25) is 5.43 Å². The van der Waals surface area contributed by atoms with Gasteiger partial charge in [-0.1, -0.05) is 11.6 Å². The molecule has 3 nitrogen and oxygen atoms in total. The highest BCUT2D eigenvalue weighted by atomic mass is 35.5. The van der Waals surface area contributed by atoms with Crippen LogP contribution in [-0.4, -0.2) is 4.98 Å². The van der Waals surface area contributed by atoms with E-state index >= 15 is 0 Å². The number of aromatic amines is 1. The fourth-order valence-corrected chi connectivity index (χ4v) is 1.18. The first kappa shape index (κ1) is 10.7. The fourth-order valence-electron chi connectivity index (χ4n) is 1.01. The maximum Gasteiger partial charge on any atom is 0.278 e. The molecule has 6 heteroatoms. The zero-order chi connectivity index (χ0) is 10.7. The summed E-state index contributed by atoms with van der Waals surface area (Å²) in [5, 5.41) is 8.16. The van der Waals surface area contributed by atoms with Crippen molar-refractivity contribution >= 4 is 11.6 Å². The maximum atomic E-state index is 12.3. The summed E-state index contributed by atoms with van der Waals surface area (Å²) >= 11 is 5.43. The number of halogens is 3. The first-order valence-corrected chi connectivity index (χ1v) is 4.00. The Labute approximate surface area is 82.9 Å². The second-order valence-electron chi connectivity index (χ2n) is 2.49. The summed E-state index contributed by atoms with van der Waals surface area (Å²) in [6, 6.07) is 1.64. The van der Waals surface area contributed by atoms with Crippen LogP contribution in [0.4, 0.5) is 8.78 Å². The Balaban J connectivity index is 3.39. The number of hydrogen-bond acceptors (Lipinski definition) is 2. The molecule has 0 aliphatic rings. The molecule has 0 bridgehead atoms. The highest BCUT2D eigenvalue weighted by molar-refractivity contribution is 6.30. The van der Waals surface area contributed by atoms with Crippen LogP contribution < -0.4 is 5.43 Å². The number of alkyl halides is 2. The normalized spacial score (nSPS) is 10.2. The lowest BCUT2D eigenvalue weighted by molar-refractivity contribution is 0.145. The second-order valence-corrected chi connectivity index (χ2v) is 2.90. The quantitative estimate of drug-likeness (QED) is 0.826. The molecule has 0 fully saturated rings. The number of nitriles is 1. The minimum atomic E-state index is -2.82. The van der Waals surface area contributed by atoms with Gasteiger partial charge in [0, 0.05) is 11.8 Å². The Morgan fingerprint density at radius 3 is 2.79 bits per heavy atom. The molecule has 74 valence electrons. The fraction of sp³-hybridized carbons (Fsp3) is 0.250. The van der Waals surface area contributed by atoms with Gasteiger partial charge in [0.05, 0.1) is 18.2 Å². The van der Waals surface area contributed by atoms with Crippen molar-refractivity contribution in [2.75, 3.05) is 0 Å². The van der Waals surface area contributed by atoms with Gasteiger partial charge >= 0.3 is 0 Å². The van der Waals surface area contributed by atoms with Crippen molar-refractivity contribution in [1.29, 1.82) is 5.26 Å². The van der Waals surface area contributed by atoms with Crippen molar-refractivity contribution in [2.24, 2.45) is 0 Å². The molecule has 0 saturated carbocycles. The Morgan fingerprint density at radius 1 is 1.64 bits per heavy atom. The summed E-state index contributed by atoms with van der Waals surface area (Å²) in [5.41, 5.74) is -1.53. The van der Waals surface area contributed by atoms with Crippen LogP contribution in [0, 0.1) is 11.3 Å². The van der Waals surface area contributed by atoms with E-state index in [1.54, 1.807) is 6.07 Å². The number of nitrogens with one attached hydrogen (secondary N) is 1. The largest absolute Gasteiger partial charge is 0.359 e. The van der Waals surface area contributed by atoms with E-state index in [1.807, 2.05) is 0 Å². The van der Waals surface area contributed by atoms with Gasteiger partial charge in [-0.2, -0.15) is 5.26 Å². The van der Waals surface area contributed by atoms with Crippen LogP contribution in [0.15, 0.2) is 11.0 Å². The third kappa shape index (κ3) is 1.91. The number of rotatable bonds is 2. The smallest absolute Gasteiger partial charge is 0.278 e. The van der Waals surface area contributed by atoms with Crippen molar-refractivity contribution in [1.82, 2.24) is 4.98 Å². The number of aromatic nitrogens is 1. The lowest BCUT2D eigenvalue weighted by Gasteiger charge is -2.04. The molecular formula is C8H5ClF2N2O. The van der Waals surface area contributed by atoms with Crippen LogP contribution in [0.2, 0.25) is 5.02 Å². The Bertz CT molecular complexity index is 436. The number of pyridine rings is 1.